The van der Waals surface area contributed by atoms with E-state index in [1.165, 1.54) is 6.20 Å². The molecular formula is C11H15N5O. The lowest BCUT2D eigenvalue weighted by Gasteiger charge is -2.36. The first kappa shape index (κ1) is 11.6. The van der Waals surface area contributed by atoms with Gasteiger partial charge in [0, 0.05) is 13.6 Å². The van der Waals surface area contributed by atoms with Crippen molar-refractivity contribution in [3.63, 3.8) is 0 Å². The molecule has 0 bridgehead atoms. The fraction of sp³-hybridized carbons (Fsp3) is 0.545. The first-order valence-corrected chi connectivity index (χ1v) is 5.58. The van der Waals surface area contributed by atoms with E-state index in [2.05, 4.69) is 20.6 Å². The number of hydrogen-bond donors (Lipinski definition) is 3. The van der Waals surface area contributed by atoms with Gasteiger partial charge in [0.2, 0.25) is 5.95 Å². The highest BCUT2D eigenvalue weighted by molar-refractivity contribution is 5.53. The van der Waals surface area contributed by atoms with E-state index in [1.807, 2.05) is 6.07 Å². The Morgan fingerprint density at radius 1 is 1.59 bits per heavy atom. The topological polar surface area (TPSA) is 93.9 Å². The van der Waals surface area contributed by atoms with E-state index >= 15 is 0 Å². The van der Waals surface area contributed by atoms with Crippen LogP contribution in [0.5, 0.6) is 0 Å². The maximum atomic E-state index is 9.96. The van der Waals surface area contributed by atoms with E-state index < -0.39 is 5.60 Å². The average molecular weight is 233 g/mol. The fourth-order valence-corrected chi connectivity index (χ4v) is 1.73. The second kappa shape index (κ2) is 4.55. The van der Waals surface area contributed by atoms with Gasteiger partial charge in [-0.3, -0.25) is 0 Å². The van der Waals surface area contributed by atoms with Crippen LogP contribution in [0.2, 0.25) is 0 Å². The Hall–Kier alpha value is -1.87. The number of aromatic nitrogens is 2. The molecule has 2 rings (SSSR count). The highest BCUT2D eigenvalue weighted by Gasteiger charge is 2.34. The third-order valence-electron chi connectivity index (χ3n) is 3.00. The summed E-state index contributed by atoms with van der Waals surface area (Å²) < 4.78 is 0. The summed E-state index contributed by atoms with van der Waals surface area (Å²) >= 11 is 0. The van der Waals surface area contributed by atoms with Gasteiger partial charge in [-0.2, -0.15) is 10.2 Å². The average Bonchev–Trinajstić information content (AvgIpc) is 2.33. The van der Waals surface area contributed by atoms with E-state index in [-0.39, 0.29) is 0 Å². The lowest BCUT2D eigenvalue weighted by atomic mass is 9.80. The van der Waals surface area contributed by atoms with Gasteiger partial charge in [0.15, 0.2) is 0 Å². The van der Waals surface area contributed by atoms with Crippen LogP contribution < -0.4 is 10.6 Å². The molecule has 0 spiro atoms. The Balaban J connectivity index is 2.10. The molecule has 1 aromatic heterocycles. The molecule has 0 aromatic carbocycles. The molecule has 1 saturated carbocycles. The number of rotatable bonds is 4. The van der Waals surface area contributed by atoms with Gasteiger partial charge in [-0.1, -0.05) is 0 Å². The normalized spacial score (nSPS) is 16.8. The first-order valence-electron chi connectivity index (χ1n) is 5.58. The van der Waals surface area contributed by atoms with E-state index in [9.17, 15) is 5.11 Å². The molecule has 3 N–H and O–H groups in total. The van der Waals surface area contributed by atoms with Crippen molar-refractivity contribution in [1.29, 1.82) is 5.26 Å². The van der Waals surface area contributed by atoms with E-state index in [1.54, 1.807) is 7.05 Å². The van der Waals surface area contributed by atoms with Crippen molar-refractivity contribution in [1.82, 2.24) is 9.97 Å². The Bertz CT molecular complexity index is 450. The van der Waals surface area contributed by atoms with Gasteiger partial charge in [-0.15, -0.1) is 0 Å². The minimum atomic E-state index is -0.641. The quantitative estimate of drug-likeness (QED) is 0.709. The van der Waals surface area contributed by atoms with Crippen LogP contribution in [-0.4, -0.2) is 34.3 Å². The number of nitrogens with zero attached hydrogens (tertiary/aromatic N) is 3. The molecule has 1 heterocycles. The lowest BCUT2D eigenvalue weighted by molar-refractivity contribution is -0.0202. The summed E-state index contributed by atoms with van der Waals surface area (Å²) in [5.74, 6) is 0.916. The molecule has 0 unspecified atom stereocenters. The first-order chi connectivity index (χ1) is 8.17. The second-order valence-corrected chi connectivity index (χ2v) is 4.25. The van der Waals surface area contributed by atoms with Crippen molar-refractivity contribution in [3.05, 3.63) is 11.8 Å². The van der Waals surface area contributed by atoms with E-state index in [4.69, 9.17) is 5.26 Å². The maximum Gasteiger partial charge on any atom is 0.224 e. The SMILES string of the molecule is CNc1ncc(C#N)c(NCC2(O)CCC2)n1. The number of anilines is 2. The van der Waals surface area contributed by atoms with Crippen LogP contribution in [0.25, 0.3) is 0 Å². The van der Waals surface area contributed by atoms with Gasteiger partial charge in [-0.05, 0) is 19.3 Å². The summed E-state index contributed by atoms with van der Waals surface area (Å²) in [5, 5.41) is 24.7. The number of hydrogen-bond acceptors (Lipinski definition) is 6. The van der Waals surface area contributed by atoms with E-state index in [0.717, 1.165) is 19.3 Å². The van der Waals surface area contributed by atoms with Gasteiger partial charge in [0.25, 0.3) is 0 Å². The molecule has 0 aliphatic heterocycles. The van der Waals surface area contributed by atoms with Crippen molar-refractivity contribution in [2.45, 2.75) is 24.9 Å². The summed E-state index contributed by atoms with van der Waals surface area (Å²) in [6, 6.07) is 2.02. The molecule has 1 aliphatic carbocycles. The largest absolute Gasteiger partial charge is 0.388 e. The van der Waals surface area contributed by atoms with Crippen molar-refractivity contribution in [2.75, 3.05) is 24.2 Å². The molecule has 0 amide bonds. The molecule has 0 saturated heterocycles. The van der Waals surface area contributed by atoms with Crippen LogP contribution in [-0.2, 0) is 0 Å². The minimum Gasteiger partial charge on any atom is -0.388 e. The predicted octanol–water partition coefficient (Wildman–Crippen LogP) is 0.717. The highest BCUT2D eigenvalue weighted by atomic mass is 16.3. The highest BCUT2D eigenvalue weighted by Crippen LogP contribution is 2.31. The van der Waals surface area contributed by atoms with Crippen LogP contribution in [0, 0.1) is 11.3 Å². The summed E-state index contributed by atoms with van der Waals surface area (Å²) in [6.45, 7) is 0.418. The monoisotopic (exact) mass is 233 g/mol. The van der Waals surface area contributed by atoms with Crippen molar-refractivity contribution >= 4 is 11.8 Å². The van der Waals surface area contributed by atoms with E-state index in [0.29, 0.717) is 23.9 Å². The zero-order valence-corrected chi connectivity index (χ0v) is 9.69. The van der Waals surface area contributed by atoms with Crippen molar-refractivity contribution in [3.8, 4) is 6.07 Å². The fourth-order valence-electron chi connectivity index (χ4n) is 1.73. The third kappa shape index (κ3) is 2.45. The summed E-state index contributed by atoms with van der Waals surface area (Å²) in [6.07, 6.45) is 4.11. The maximum absolute atomic E-state index is 9.96. The van der Waals surface area contributed by atoms with Gasteiger partial charge in [-0.25, -0.2) is 4.98 Å². The number of nitrogens with one attached hydrogen (secondary N) is 2. The zero-order chi connectivity index (χ0) is 12.3. The predicted molar refractivity (Wildman–Crippen MR) is 63.6 cm³/mol. The molecule has 6 nitrogen and oxygen atoms in total. The number of aliphatic hydroxyl groups is 1. The molecule has 1 aliphatic rings. The Morgan fingerprint density at radius 3 is 2.88 bits per heavy atom. The standard InChI is InChI=1S/C11H15N5O/c1-13-10-14-6-8(5-12)9(16-10)15-7-11(17)3-2-4-11/h6,17H,2-4,7H2,1H3,(H2,13,14,15,16). The minimum absolute atomic E-state index is 0.381. The van der Waals surface area contributed by atoms with Gasteiger partial charge >= 0.3 is 0 Å². The lowest BCUT2D eigenvalue weighted by Crippen LogP contribution is -2.43. The zero-order valence-electron chi connectivity index (χ0n) is 9.69. The van der Waals surface area contributed by atoms with Crippen LogP contribution >= 0.6 is 0 Å². The Morgan fingerprint density at radius 2 is 2.35 bits per heavy atom. The molecule has 1 fully saturated rings. The van der Waals surface area contributed by atoms with Gasteiger partial charge < -0.3 is 15.7 Å². The van der Waals surface area contributed by atoms with Gasteiger partial charge in [0.1, 0.15) is 17.5 Å². The Labute approximate surface area is 99.7 Å². The van der Waals surface area contributed by atoms with Crippen LogP contribution in [0.3, 0.4) is 0 Å². The summed E-state index contributed by atoms with van der Waals surface area (Å²) in [7, 11) is 1.71. The van der Waals surface area contributed by atoms with Crippen LogP contribution in [0.4, 0.5) is 11.8 Å². The van der Waals surface area contributed by atoms with Crippen LogP contribution in [0.15, 0.2) is 6.20 Å². The second-order valence-electron chi connectivity index (χ2n) is 4.25. The summed E-state index contributed by atoms with van der Waals surface area (Å²) in [4.78, 5) is 8.12. The molecule has 0 atom stereocenters. The van der Waals surface area contributed by atoms with Crippen molar-refractivity contribution in [2.24, 2.45) is 0 Å². The molecular weight excluding hydrogens is 218 g/mol. The smallest absolute Gasteiger partial charge is 0.224 e. The molecule has 0 radical (unpaired) electrons. The third-order valence-corrected chi connectivity index (χ3v) is 3.00. The Kier molecular flexibility index (Phi) is 3.11. The molecule has 6 heteroatoms. The van der Waals surface area contributed by atoms with Crippen LogP contribution in [0.1, 0.15) is 24.8 Å². The molecule has 17 heavy (non-hydrogen) atoms. The molecule has 1 aromatic rings. The van der Waals surface area contributed by atoms with Gasteiger partial charge in [0.05, 0.1) is 11.8 Å². The van der Waals surface area contributed by atoms with Crippen molar-refractivity contribution < 1.29 is 5.11 Å². The summed E-state index contributed by atoms with van der Waals surface area (Å²) in [5.41, 5.74) is -0.260. The molecule has 90 valence electrons. The number of nitriles is 1.